The van der Waals surface area contributed by atoms with Crippen molar-refractivity contribution in [3.63, 3.8) is 0 Å². The van der Waals surface area contributed by atoms with E-state index in [2.05, 4.69) is 6.07 Å². The standard InChI is InChI=1S/C21H21NO3/c1-4-21(13-24-3)11-19(23)18-10-17(14(2)8-20(18)25-21)16-7-5-6-15(9-16)12-22/h5-10H,4,11,13H2,1-3H3. The highest BCUT2D eigenvalue weighted by molar-refractivity contribution is 6.01. The Balaban J connectivity index is 2.07. The van der Waals surface area contributed by atoms with Crippen molar-refractivity contribution in [2.45, 2.75) is 32.3 Å². The lowest BCUT2D eigenvalue weighted by atomic mass is 9.86. The highest BCUT2D eigenvalue weighted by atomic mass is 16.5. The summed E-state index contributed by atoms with van der Waals surface area (Å²) in [4.78, 5) is 12.8. The van der Waals surface area contributed by atoms with Gasteiger partial charge in [-0.2, -0.15) is 5.26 Å². The van der Waals surface area contributed by atoms with E-state index in [-0.39, 0.29) is 5.78 Å². The van der Waals surface area contributed by atoms with Crippen LogP contribution in [0.3, 0.4) is 0 Å². The van der Waals surface area contributed by atoms with Gasteiger partial charge in [-0.25, -0.2) is 0 Å². The number of carbonyl (C=O) groups is 1. The van der Waals surface area contributed by atoms with Crippen molar-refractivity contribution in [3.8, 4) is 22.9 Å². The molecule has 2 aromatic carbocycles. The molecule has 0 N–H and O–H groups in total. The van der Waals surface area contributed by atoms with Gasteiger partial charge in [0, 0.05) is 7.11 Å². The van der Waals surface area contributed by atoms with Crippen LogP contribution in [0.15, 0.2) is 36.4 Å². The fraction of sp³-hybridized carbons (Fsp3) is 0.333. The number of aryl methyl sites for hydroxylation is 1. The van der Waals surface area contributed by atoms with Crippen molar-refractivity contribution in [2.24, 2.45) is 0 Å². The van der Waals surface area contributed by atoms with E-state index in [1.165, 1.54) is 0 Å². The molecule has 1 aliphatic heterocycles. The largest absolute Gasteiger partial charge is 0.484 e. The van der Waals surface area contributed by atoms with Crippen molar-refractivity contribution >= 4 is 5.78 Å². The third-order valence-corrected chi connectivity index (χ3v) is 4.79. The molecule has 0 spiro atoms. The van der Waals surface area contributed by atoms with E-state index in [0.717, 1.165) is 16.7 Å². The van der Waals surface area contributed by atoms with E-state index in [9.17, 15) is 4.79 Å². The quantitative estimate of drug-likeness (QED) is 0.836. The first-order chi connectivity index (χ1) is 12.0. The zero-order chi connectivity index (χ0) is 18.0. The van der Waals surface area contributed by atoms with Crippen LogP contribution < -0.4 is 4.74 Å². The molecule has 0 bridgehead atoms. The number of carbonyl (C=O) groups excluding carboxylic acids is 1. The van der Waals surface area contributed by atoms with E-state index in [0.29, 0.717) is 36.3 Å². The van der Waals surface area contributed by atoms with Gasteiger partial charge in [-0.3, -0.25) is 4.79 Å². The number of hydrogen-bond acceptors (Lipinski definition) is 4. The van der Waals surface area contributed by atoms with Crippen LogP contribution in [0.2, 0.25) is 0 Å². The summed E-state index contributed by atoms with van der Waals surface area (Å²) >= 11 is 0. The number of hydrogen-bond donors (Lipinski definition) is 0. The van der Waals surface area contributed by atoms with Gasteiger partial charge in [0.05, 0.1) is 30.2 Å². The van der Waals surface area contributed by atoms with E-state index in [1.54, 1.807) is 13.2 Å². The Hall–Kier alpha value is -2.64. The molecule has 1 unspecified atom stereocenters. The molecule has 4 nitrogen and oxygen atoms in total. The minimum Gasteiger partial charge on any atom is -0.484 e. The van der Waals surface area contributed by atoms with Crippen molar-refractivity contribution in [2.75, 3.05) is 13.7 Å². The van der Waals surface area contributed by atoms with Crippen molar-refractivity contribution in [3.05, 3.63) is 53.1 Å². The second-order valence-corrected chi connectivity index (χ2v) is 6.53. The van der Waals surface area contributed by atoms with E-state index in [1.807, 2.05) is 44.2 Å². The van der Waals surface area contributed by atoms with Crippen molar-refractivity contribution in [1.29, 1.82) is 5.26 Å². The molecule has 3 rings (SSSR count). The zero-order valence-corrected chi connectivity index (χ0v) is 14.8. The summed E-state index contributed by atoms with van der Waals surface area (Å²) in [5, 5.41) is 9.11. The molecule has 0 radical (unpaired) electrons. The van der Waals surface area contributed by atoms with Crippen LogP contribution in [0, 0.1) is 18.3 Å². The van der Waals surface area contributed by atoms with Gasteiger partial charge in [0.25, 0.3) is 0 Å². The number of benzene rings is 2. The second-order valence-electron chi connectivity index (χ2n) is 6.53. The number of ketones is 1. The summed E-state index contributed by atoms with van der Waals surface area (Å²) < 4.78 is 11.5. The summed E-state index contributed by atoms with van der Waals surface area (Å²) in [5.41, 5.74) is 3.49. The summed E-state index contributed by atoms with van der Waals surface area (Å²) in [7, 11) is 1.62. The Morgan fingerprint density at radius 3 is 2.76 bits per heavy atom. The van der Waals surface area contributed by atoms with Gasteiger partial charge in [-0.1, -0.05) is 19.1 Å². The highest BCUT2D eigenvalue weighted by Crippen LogP contribution is 2.39. The molecule has 0 amide bonds. The fourth-order valence-corrected chi connectivity index (χ4v) is 3.35. The monoisotopic (exact) mass is 335 g/mol. The average molecular weight is 335 g/mol. The fourth-order valence-electron chi connectivity index (χ4n) is 3.35. The number of nitriles is 1. The Labute approximate surface area is 148 Å². The smallest absolute Gasteiger partial charge is 0.170 e. The topological polar surface area (TPSA) is 59.3 Å². The van der Waals surface area contributed by atoms with Gasteiger partial charge >= 0.3 is 0 Å². The SMILES string of the molecule is CCC1(COC)CC(=O)c2cc(-c3cccc(C#N)c3)c(C)cc2O1. The van der Waals surface area contributed by atoms with Gasteiger partial charge in [0.15, 0.2) is 5.78 Å². The van der Waals surface area contributed by atoms with Crippen LogP contribution in [0.4, 0.5) is 0 Å². The summed E-state index contributed by atoms with van der Waals surface area (Å²) in [5.74, 6) is 0.686. The number of rotatable bonds is 4. The van der Waals surface area contributed by atoms with E-state index < -0.39 is 5.60 Å². The van der Waals surface area contributed by atoms with Crippen molar-refractivity contribution in [1.82, 2.24) is 0 Å². The highest BCUT2D eigenvalue weighted by Gasteiger charge is 2.39. The van der Waals surface area contributed by atoms with Crippen molar-refractivity contribution < 1.29 is 14.3 Å². The lowest BCUT2D eigenvalue weighted by Gasteiger charge is -2.37. The lowest BCUT2D eigenvalue weighted by Crippen LogP contribution is -2.45. The summed E-state index contributed by atoms with van der Waals surface area (Å²) in [6.07, 6.45) is 1.02. The van der Waals surface area contributed by atoms with Crippen LogP contribution in [0.5, 0.6) is 5.75 Å². The predicted molar refractivity (Wildman–Crippen MR) is 95.8 cm³/mol. The molecular formula is C21H21NO3. The molecule has 1 heterocycles. The van der Waals surface area contributed by atoms with Crippen LogP contribution in [0.1, 0.15) is 41.3 Å². The number of Topliss-reactive ketones (excluding diaryl/α,β-unsaturated/α-hetero) is 1. The maximum Gasteiger partial charge on any atom is 0.170 e. The number of nitrogens with zero attached hydrogens (tertiary/aromatic N) is 1. The number of fused-ring (bicyclic) bond motifs is 1. The molecule has 25 heavy (non-hydrogen) atoms. The predicted octanol–water partition coefficient (Wildman–Crippen LogP) is 4.29. The Kier molecular flexibility index (Phi) is 4.61. The van der Waals surface area contributed by atoms with Crippen LogP contribution >= 0.6 is 0 Å². The minimum absolute atomic E-state index is 0.0674. The van der Waals surface area contributed by atoms with Gasteiger partial charge < -0.3 is 9.47 Å². The average Bonchev–Trinajstić information content (AvgIpc) is 2.61. The van der Waals surface area contributed by atoms with Crippen LogP contribution in [-0.2, 0) is 4.74 Å². The maximum atomic E-state index is 12.8. The summed E-state index contributed by atoms with van der Waals surface area (Å²) in [6.45, 7) is 4.38. The maximum absolute atomic E-state index is 12.8. The molecule has 2 aromatic rings. The van der Waals surface area contributed by atoms with Crippen LogP contribution in [-0.4, -0.2) is 25.1 Å². The lowest BCUT2D eigenvalue weighted by molar-refractivity contribution is -0.0212. The number of ether oxygens (including phenoxy) is 2. The number of methoxy groups -OCH3 is 1. The zero-order valence-electron chi connectivity index (χ0n) is 14.8. The summed E-state index contributed by atoms with van der Waals surface area (Å²) in [6, 6.07) is 13.4. The van der Waals surface area contributed by atoms with Gasteiger partial charge in [0.1, 0.15) is 11.4 Å². The normalized spacial score (nSPS) is 19.0. The molecule has 0 fully saturated rings. The van der Waals surface area contributed by atoms with Gasteiger partial charge in [-0.05, 0) is 54.3 Å². The van der Waals surface area contributed by atoms with E-state index >= 15 is 0 Å². The molecular weight excluding hydrogens is 314 g/mol. The molecule has 1 atom stereocenters. The Bertz CT molecular complexity index is 866. The molecule has 4 heteroatoms. The minimum atomic E-state index is -0.590. The first-order valence-electron chi connectivity index (χ1n) is 8.38. The Morgan fingerprint density at radius 1 is 1.28 bits per heavy atom. The van der Waals surface area contributed by atoms with Gasteiger partial charge in [-0.15, -0.1) is 0 Å². The van der Waals surface area contributed by atoms with Crippen LogP contribution in [0.25, 0.3) is 11.1 Å². The Morgan fingerprint density at radius 2 is 2.08 bits per heavy atom. The molecule has 0 saturated heterocycles. The molecule has 0 aromatic heterocycles. The third kappa shape index (κ3) is 3.16. The first-order valence-corrected chi connectivity index (χ1v) is 8.38. The van der Waals surface area contributed by atoms with Gasteiger partial charge in [0.2, 0.25) is 0 Å². The first kappa shape index (κ1) is 17.2. The molecule has 1 aliphatic rings. The molecule has 128 valence electrons. The molecule has 0 saturated carbocycles. The third-order valence-electron chi connectivity index (χ3n) is 4.79. The second kappa shape index (κ2) is 6.70. The molecule has 0 aliphatic carbocycles. The van der Waals surface area contributed by atoms with E-state index in [4.69, 9.17) is 14.7 Å².